The summed E-state index contributed by atoms with van der Waals surface area (Å²) in [5.74, 6) is 0.0665. The van der Waals surface area contributed by atoms with Gasteiger partial charge in [-0.05, 0) is 30.2 Å². The summed E-state index contributed by atoms with van der Waals surface area (Å²) in [5.41, 5.74) is 2.61. The molecule has 1 aliphatic heterocycles. The van der Waals surface area contributed by atoms with E-state index in [2.05, 4.69) is 5.32 Å². The van der Waals surface area contributed by atoms with E-state index in [4.69, 9.17) is 11.6 Å². The maximum absolute atomic E-state index is 12.2. The van der Waals surface area contributed by atoms with Crippen molar-refractivity contribution in [3.8, 4) is 0 Å². The Balaban J connectivity index is 2.02. The van der Waals surface area contributed by atoms with Crippen molar-refractivity contribution in [1.82, 2.24) is 0 Å². The fraction of sp³-hybridized carbons (Fsp3) is 0.200. The van der Waals surface area contributed by atoms with Gasteiger partial charge in [0.15, 0.2) is 9.84 Å². The van der Waals surface area contributed by atoms with Crippen molar-refractivity contribution in [3.05, 3.63) is 58.6 Å². The van der Waals surface area contributed by atoms with Crippen molar-refractivity contribution in [1.29, 1.82) is 0 Å². The maximum atomic E-state index is 12.2. The van der Waals surface area contributed by atoms with Gasteiger partial charge >= 0.3 is 0 Å². The van der Waals surface area contributed by atoms with Crippen LogP contribution in [-0.4, -0.2) is 14.2 Å². The van der Waals surface area contributed by atoms with E-state index in [0.717, 1.165) is 16.8 Å². The van der Waals surface area contributed by atoms with Gasteiger partial charge in [-0.2, -0.15) is 0 Å². The number of halogens is 1. The Kier molecular flexibility index (Phi) is 3.22. The highest BCUT2D eigenvalue weighted by molar-refractivity contribution is 7.91. The third-order valence-corrected chi connectivity index (χ3v) is 5.69. The predicted molar refractivity (Wildman–Crippen MR) is 81.0 cm³/mol. The molecule has 0 fully saturated rings. The van der Waals surface area contributed by atoms with E-state index >= 15 is 0 Å². The van der Waals surface area contributed by atoms with Gasteiger partial charge in [0.25, 0.3) is 0 Å². The quantitative estimate of drug-likeness (QED) is 0.922. The third kappa shape index (κ3) is 2.19. The Hall–Kier alpha value is -1.52. The van der Waals surface area contributed by atoms with Gasteiger partial charge < -0.3 is 5.32 Å². The number of hydrogen-bond acceptors (Lipinski definition) is 3. The van der Waals surface area contributed by atoms with Gasteiger partial charge in [0.1, 0.15) is 0 Å². The molecule has 20 heavy (non-hydrogen) atoms. The van der Waals surface area contributed by atoms with E-state index in [9.17, 15) is 8.42 Å². The number of anilines is 1. The number of benzene rings is 2. The van der Waals surface area contributed by atoms with Gasteiger partial charge in [0.2, 0.25) is 0 Å². The number of fused-ring (bicyclic) bond motifs is 1. The molecule has 1 unspecified atom stereocenters. The highest BCUT2D eigenvalue weighted by Gasteiger charge is 2.34. The van der Waals surface area contributed by atoms with Crippen LogP contribution in [0.2, 0.25) is 5.02 Å². The van der Waals surface area contributed by atoms with Crippen LogP contribution >= 0.6 is 11.6 Å². The van der Waals surface area contributed by atoms with Crippen LogP contribution in [0.15, 0.2) is 47.4 Å². The molecule has 1 heterocycles. The zero-order chi connectivity index (χ0) is 14.3. The Morgan fingerprint density at radius 1 is 1.15 bits per heavy atom. The molecular weight excluding hydrogens is 294 g/mol. The van der Waals surface area contributed by atoms with Crippen LogP contribution in [0.3, 0.4) is 0 Å². The molecule has 0 radical (unpaired) electrons. The molecule has 1 aliphatic rings. The van der Waals surface area contributed by atoms with Crippen molar-refractivity contribution >= 4 is 27.1 Å². The summed E-state index contributed by atoms with van der Waals surface area (Å²) >= 11 is 6.19. The monoisotopic (exact) mass is 307 g/mol. The van der Waals surface area contributed by atoms with E-state index in [1.54, 1.807) is 18.2 Å². The van der Waals surface area contributed by atoms with Gasteiger partial charge in [-0.25, -0.2) is 8.42 Å². The minimum atomic E-state index is -3.21. The predicted octanol–water partition coefficient (Wildman–Crippen LogP) is 3.59. The number of aryl methyl sites for hydroxylation is 1. The van der Waals surface area contributed by atoms with Crippen molar-refractivity contribution < 1.29 is 8.42 Å². The Morgan fingerprint density at radius 3 is 2.65 bits per heavy atom. The molecule has 1 N–H and O–H groups in total. The second-order valence-corrected chi connectivity index (χ2v) is 7.36. The standard InChI is InChI=1S/C15H14ClNO2S/c1-10-5-4-7-12(16)15(10)17-13-9-20(18,19)14-8-3-2-6-11(13)14/h2-8,13,17H,9H2,1H3. The first-order valence-corrected chi connectivity index (χ1v) is 8.35. The van der Waals surface area contributed by atoms with Gasteiger partial charge in [-0.1, -0.05) is 41.9 Å². The van der Waals surface area contributed by atoms with Crippen LogP contribution in [0.1, 0.15) is 17.2 Å². The first-order valence-electron chi connectivity index (χ1n) is 6.32. The van der Waals surface area contributed by atoms with Crippen LogP contribution in [0, 0.1) is 6.92 Å². The Morgan fingerprint density at radius 2 is 1.90 bits per heavy atom. The number of hydrogen-bond donors (Lipinski definition) is 1. The van der Waals surface area contributed by atoms with Crippen molar-refractivity contribution in [3.63, 3.8) is 0 Å². The summed E-state index contributed by atoms with van der Waals surface area (Å²) in [5, 5.41) is 3.88. The molecule has 5 heteroatoms. The van der Waals surface area contributed by atoms with E-state index < -0.39 is 9.84 Å². The normalized spacial score (nSPS) is 19.6. The molecule has 1 atom stereocenters. The highest BCUT2D eigenvalue weighted by atomic mass is 35.5. The lowest BCUT2D eigenvalue weighted by atomic mass is 10.1. The van der Waals surface area contributed by atoms with Crippen LogP contribution in [0.4, 0.5) is 5.69 Å². The summed E-state index contributed by atoms with van der Waals surface area (Å²) < 4.78 is 24.3. The average molecular weight is 308 g/mol. The second kappa shape index (κ2) is 4.79. The smallest absolute Gasteiger partial charge is 0.181 e. The minimum absolute atomic E-state index is 0.0665. The number of sulfone groups is 1. The molecule has 104 valence electrons. The molecule has 0 bridgehead atoms. The van der Waals surface area contributed by atoms with Crippen molar-refractivity contribution in [2.45, 2.75) is 17.9 Å². The number of nitrogens with one attached hydrogen (secondary N) is 1. The molecule has 0 amide bonds. The molecule has 0 saturated carbocycles. The first-order chi connectivity index (χ1) is 9.49. The lowest BCUT2D eigenvalue weighted by Gasteiger charge is -2.17. The van der Waals surface area contributed by atoms with E-state index in [1.165, 1.54) is 0 Å². The third-order valence-electron chi connectivity index (χ3n) is 3.56. The molecule has 3 nitrogen and oxygen atoms in total. The fourth-order valence-corrected chi connectivity index (χ4v) is 4.57. The molecule has 0 saturated heterocycles. The summed E-state index contributed by atoms with van der Waals surface area (Å²) in [6.45, 7) is 1.95. The largest absolute Gasteiger partial charge is 0.376 e. The topological polar surface area (TPSA) is 46.2 Å². The fourth-order valence-electron chi connectivity index (χ4n) is 2.56. The van der Waals surface area contributed by atoms with E-state index in [1.807, 2.05) is 31.2 Å². The maximum Gasteiger partial charge on any atom is 0.181 e. The molecule has 2 aromatic rings. The number of rotatable bonds is 2. The van der Waals surface area contributed by atoms with Crippen molar-refractivity contribution in [2.24, 2.45) is 0 Å². The Bertz CT molecular complexity index is 751. The zero-order valence-corrected chi connectivity index (χ0v) is 12.5. The first kappa shape index (κ1) is 13.5. The van der Waals surface area contributed by atoms with E-state index in [0.29, 0.717) is 9.92 Å². The zero-order valence-electron chi connectivity index (χ0n) is 10.9. The van der Waals surface area contributed by atoms with Gasteiger partial charge in [-0.15, -0.1) is 0 Å². The van der Waals surface area contributed by atoms with Gasteiger partial charge in [0, 0.05) is 0 Å². The molecule has 0 aliphatic carbocycles. The summed E-state index contributed by atoms with van der Waals surface area (Å²) in [7, 11) is -3.21. The lowest BCUT2D eigenvalue weighted by molar-refractivity contribution is 0.598. The molecule has 2 aromatic carbocycles. The van der Waals surface area contributed by atoms with Crippen LogP contribution in [-0.2, 0) is 9.84 Å². The second-order valence-electron chi connectivity index (χ2n) is 4.95. The van der Waals surface area contributed by atoms with Crippen molar-refractivity contribution in [2.75, 3.05) is 11.1 Å². The van der Waals surface area contributed by atoms with Crippen LogP contribution in [0.5, 0.6) is 0 Å². The number of para-hydroxylation sites is 1. The minimum Gasteiger partial charge on any atom is -0.376 e. The van der Waals surface area contributed by atoms with Crippen LogP contribution < -0.4 is 5.32 Å². The molecule has 0 spiro atoms. The average Bonchev–Trinajstić information content (AvgIpc) is 2.66. The van der Waals surface area contributed by atoms with E-state index in [-0.39, 0.29) is 11.8 Å². The lowest BCUT2D eigenvalue weighted by Crippen LogP contribution is -2.13. The van der Waals surface area contributed by atoms with Gasteiger partial charge in [-0.3, -0.25) is 0 Å². The molecule has 3 rings (SSSR count). The summed E-state index contributed by atoms with van der Waals surface area (Å²) in [6.07, 6.45) is 0. The van der Waals surface area contributed by atoms with Gasteiger partial charge in [0.05, 0.1) is 27.4 Å². The Labute approximate surface area is 123 Å². The summed E-state index contributed by atoms with van der Waals surface area (Å²) in [6, 6.07) is 12.5. The highest BCUT2D eigenvalue weighted by Crippen LogP contribution is 2.37. The summed E-state index contributed by atoms with van der Waals surface area (Å²) in [4.78, 5) is 0.419. The SMILES string of the molecule is Cc1cccc(Cl)c1NC1CS(=O)(=O)c2ccccc21. The van der Waals surface area contributed by atoms with Crippen LogP contribution in [0.25, 0.3) is 0 Å². The molecule has 0 aromatic heterocycles. The molecular formula is C15H14ClNO2S.